The van der Waals surface area contributed by atoms with Crippen molar-refractivity contribution < 1.29 is 4.39 Å². The summed E-state index contributed by atoms with van der Waals surface area (Å²) < 4.78 is 13.5. The van der Waals surface area contributed by atoms with E-state index in [1.54, 1.807) is 6.08 Å². The van der Waals surface area contributed by atoms with E-state index in [1.165, 1.54) is 5.56 Å². The molecule has 2 aromatic rings. The molecule has 1 nitrogen and oxygen atoms in total. The molecule has 0 N–H and O–H groups in total. The van der Waals surface area contributed by atoms with Crippen LogP contribution < -0.4 is 0 Å². The van der Waals surface area contributed by atoms with Crippen LogP contribution in [0, 0.1) is 11.3 Å². The van der Waals surface area contributed by atoms with Crippen molar-refractivity contribution in [3.63, 3.8) is 0 Å². The number of nitriles is 1. The summed E-state index contributed by atoms with van der Waals surface area (Å²) in [5, 5.41) is 9.09. The molecule has 0 saturated carbocycles. The molecule has 0 bridgehead atoms. The van der Waals surface area contributed by atoms with Gasteiger partial charge in [-0.05, 0) is 54.5 Å². The zero-order chi connectivity index (χ0) is 15.8. The Morgan fingerprint density at radius 3 is 2.50 bits per heavy atom. The number of hydrogen-bond acceptors (Lipinski definition) is 1. The molecule has 2 aromatic carbocycles. The molecule has 2 rings (SSSR count). The first-order chi connectivity index (χ1) is 10.7. The number of aryl methyl sites for hydroxylation is 2. The van der Waals surface area contributed by atoms with Crippen molar-refractivity contribution in [3.8, 4) is 6.07 Å². The topological polar surface area (TPSA) is 23.8 Å². The zero-order valence-electron chi connectivity index (χ0n) is 12.8. The number of nitrogens with zero attached hydrogens (tertiary/aromatic N) is 1. The van der Waals surface area contributed by atoms with Crippen molar-refractivity contribution in [2.24, 2.45) is 0 Å². The van der Waals surface area contributed by atoms with Gasteiger partial charge in [0.2, 0.25) is 0 Å². The van der Waals surface area contributed by atoms with Gasteiger partial charge in [0, 0.05) is 0 Å². The summed E-state index contributed by atoms with van der Waals surface area (Å²) in [7, 11) is 0. The smallest absolute Gasteiger partial charge is 0.100 e. The van der Waals surface area contributed by atoms with Crippen LogP contribution in [0.2, 0.25) is 0 Å². The van der Waals surface area contributed by atoms with Crippen molar-refractivity contribution in [3.05, 3.63) is 76.6 Å². The first-order valence-electron chi connectivity index (χ1n) is 7.66. The van der Waals surface area contributed by atoms with Crippen LogP contribution in [0.3, 0.4) is 0 Å². The minimum atomic E-state index is -0.0711. The molecule has 0 atom stereocenters. The second kappa shape index (κ2) is 8.14. The summed E-state index contributed by atoms with van der Waals surface area (Å²) in [5.41, 5.74) is 3.90. The Labute approximate surface area is 131 Å². The average molecular weight is 293 g/mol. The maximum absolute atomic E-state index is 13.5. The second-order valence-corrected chi connectivity index (χ2v) is 5.35. The van der Waals surface area contributed by atoms with Crippen molar-refractivity contribution in [1.82, 2.24) is 0 Å². The molecule has 2 heteroatoms. The largest absolute Gasteiger partial charge is 0.212 e. The molecule has 22 heavy (non-hydrogen) atoms. The predicted molar refractivity (Wildman–Crippen MR) is 89.0 cm³/mol. The highest BCUT2D eigenvalue weighted by atomic mass is 19.1. The van der Waals surface area contributed by atoms with Gasteiger partial charge in [0.05, 0.1) is 11.6 Å². The third-order valence-corrected chi connectivity index (χ3v) is 3.61. The number of halogens is 1. The lowest BCUT2D eigenvalue weighted by Crippen LogP contribution is -1.94. The Kier molecular flexibility index (Phi) is 5.91. The lowest BCUT2D eigenvalue weighted by molar-refractivity contribution is 0.591. The first-order valence-corrected chi connectivity index (χ1v) is 7.66. The van der Waals surface area contributed by atoms with Gasteiger partial charge >= 0.3 is 0 Å². The molecule has 0 aliphatic carbocycles. The molecule has 112 valence electrons. The van der Waals surface area contributed by atoms with Crippen LogP contribution in [0.25, 0.3) is 6.08 Å². The quantitative estimate of drug-likeness (QED) is 0.694. The molecule has 0 radical (unpaired) electrons. The minimum absolute atomic E-state index is 0.0711. The average Bonchev–Trinajstić information content (AvgIpc) is 2.54. The third-order valence-electron chi connectivity index (χ3n) is 3.61. The van der Waals surface area contributed by atoms with E-state index < -0.39 is 0 Å². The molecule has 0 spiro atoms. The van der Waals surface area contributed by atoms with Gasteiger partial charge in [-0.25, -0.2) is 4.39 Å². The highest BCUT2D eigenvalue weighted by Crippen LogP contribution is 2.15. The van der Waals surface area contributed by atoms with E-state index in [4.69, 9.17) is 5.26 Å². The number of hydrogen-bond donors (Lipinski definition) is 0. The van der Waals surface area contributed by atoms with Crippen molar-refractivity contribution in [1.29, 1.82) is 5.26 Å². The Bertz CT molecular complexity index is 678. The van der Waals surface area contributed by atoms with Crippen molar-refractivity contribution >= 4 is 6.08 Å². The molecule has 0 aromatic heterocycles. The van der Waals surface area contributed by atoms with Crippen LogP contribution in [0.1, 0.15) is 42.0 Å². The number of rotatable bonds is 6. The van der Waals surface area contributed by atoms with Crippen LogP contribution >= 0.6 is 0 Å². The highest BCUT2D eigenvalue weighted by Gasteiger charge is 2.02. The molecule has 0 aliphatic rings. The van der Waals surface area contributed by atoms with Gasteiger partial charge < -0.3 is 0 Å². The summed E-state index contributed by atoms with van der Waals surface area (Å²) in [6, 6.07) is 17.9. The number of benzene rings is 2. The van der Waals surface area contributed by atoms with Crippen molar-refractivity contribution in [2.75, 3.05) is 0 Å². The van der Waals surface area contributed by atoms with Gasteiger partial charge in [0.15, 0.2) is 0 Å². The van der Waals surface area contributed by atoms with E-state index in [0.29, 0.717) is 6.42 Å². The summed E-state index contributed by atoms with van der Waals surface area (Å²) in [6.07, 6.45) is 4.62. The van der Waals surface area contributed by atoms with E-state index in [2.05, 4.69) is 6.07 Å². The normalized spacial score (nSPS) is 11.2. The highest BCUT2D eigenvalue weighted by molar-refractivity contribution is 5.51. The Morgan fingerprint density at radius 2 is 1.82 bits per heavy atom. The molecule has 0 saturated heterocycles. The monoisotopic (exact) mass is 293 g/mol. The van der Waals surface area contributed by atoms with Gasteiger partial charge in [0.1, 0.15) is 5.83 Å². The van der Waals surface area contributed by atoms with E-state index in [1.807, 2.05) is 55.5 Å². The van der Waals surface area contributed by atoms with Crippen molar-refractivity contribution in [2.45, 2.75) is 32.6 Å². The third kappa shape index (κ3) is 4.56. The van der Waals surface area contributed by atoms with Gasteiger partial charge in [-0.1, -0.05) is 49.4 Å². The lowest BCUT2D eigenvalue weighted by atomic mass is 10.00. The van der Waals surface area contributed by atoms with E-state index >= 15 is 0 Å². The molecule has 0 unspecified atom stereocenters. The molecule has 0 amide bonds. The molecular weight excluding hydrogens is 273 g/mol. The molecule has 0 heterocycles. The number of allylic oxidation sites excluding steroid dienone is 1. The minimum Gasteiger partial charge on any atom is -0.212 e. The van der Waals surface area contributed by atoms with Crippen LogP contribution in [-0.4, -0.2) is 0 Å². The van der Waals surface area contributed by atoms with Crippen LogP contribution in [0.15, 0.2) is 54.4 Å². The fourth-order valence-electron chi connectivity index (χ4n) is 2.40. The van der Waals surface area contributed by atoms with Gasteiger partial charge in [-0.2, -0.15) is 5.26 Å². The van der Waals surface area contributed by atoms with Gasteiger partial charge in [-0.3, -0.25) is 0 Å². The van der Waals surface area contributed by atoms with Crippen LogP contribution in [0.4, 0.5) is 4.39 Å². The first kappa shape index (κ1) is 16.0. The van der Waals surface area contributed by atoms with E-state index in [0.717, 1.165) is 36.0 Å². The van der Waals surface area contributed by atoms with Crippen LogP contribution in [0.5, 0.6) is 0 Å². The standard InChI is InChI=1S/C20H20FN/c1-2-5-20(21)14-17-10-8-16(9-11-17)12-13-18-6-3-4-7-19(18)15-22/h3-4,6-11,14H,2,5,12-13H2,1H3/b20-14+. The SMILES string of the molecule is CCC/C(F)=C\c1ccc(CCc2ccccc2C#N)cc1. The summed E-state index contributed by atoms with van der Waals surface area (Å²) in [5.74, 6) is -0.0711. The maximum Gasteiger partial charge on any atom is 0.100 e. The zero-order valence-corrected chi connectivity index (χ0v) is 12.8. The lowest BCUT2D eigenvalue weighted by Gasteiger charge is -2.05. The van der Waals surface area contributed by atoms with E-state index in [-0.39, 0.29) is 5.83 Å². The fraction of sp³-hybridized carbons (Fsp3) is 0.250. The molecular formula is C20H20FN. The van der Waals surface area contributed by atoms with E-state index in [9.17, 15) is 4.39 Å². The summed E-state index contributed by atoms with van der Waals surface area (Å²) >= 11 is 0. The predicted octanol–water partition coefficient (Wildman–Crippen LogP) is 5.45. The second-order valence-electron chi connectivity index (χ2n) is 5.35. The van der Waals surface area contributed by atoms with Crippen LogP contribution in [-0.2, 0) is 12.8 Å². The maximum atomic E-state index is 13.5. The Morgan fingerprint density at radius 1 is 1.09 bits per heavy atom. The fourth-order valence-corrected chi connectivity index (χ4v) is 2.40. The molecule has 0 fully saturated rings. The summed E-state index contributed by atoms with van der Waals surface area (Å²) in [6.45, 7) is 1.97. The Hall–Kier alpha value is -2.40. The molecule has 0 aliphatic heterocycles. The summed E-state index contributed by atoms with van der Waals surface area (Å²) in [4.78, 5) is 0. The van der Waals surface area contributed by atoms with Gasteiger partial charge in [-0.15, -0.1) is 0 Å². The Balaban J connectivity index is 2.00. The van der Waals surface area contributed by atoms with Gasteiger partial charge in [0.25, 0.3) is 0 Å².